The Balaban J connectivity index is 4.06. The molecule has 0 fully saturated rings. The zero-order valence-corrected chi connectivity index (χ0v) is 13.2. The van der Waals surface area contributed by atoms with Crippen LogP contribution >= 0.6 is 0 Å². The summed E-state index contributed by atoms with van der Waals surface area (Å²) in [5.74, 6) is 0. The summed E-state index contributed by atoms with van der Waals surface area (Å²) in [6.07, 6.45) is 10.2. The zero-order valence-electron chi connectivity index (χ0n) is 13.2. The van der Waals surface area contributed by atoms with Crippen molar-refractivity contribution in [3.63, 3.8) is 0 Å². The highest BCUT2D eigenvalue weighted by Gasteiger charge is 2.24. The molecule has 0 aromatic carbocycles. The molecule has 0 heterocycles. The number of quaternary nitrogens is 1. The Morgan fingerprint density at radius 2 is 1.05 bits per heavy atom. The van der Waals surface area contributed by atoms with E-state index >= 15 is 0 Å². The monoisotopic (exact) mass is 274 g/mol. The fourth-order valence-corrected chi connectivity index (χ4v) is 2.82. The fourth-order valence-electron chi connectivity index (χ4n) is 2.82. The van der Waals surface area contributed by atoms with E-state index < -0.39 is 0 Å². The van der Waals surface area contributed by atoms with Crippen LogP contribution in [-0.2, 0) is 0 Å². The van der Waals surface area contributed by atoms with Crippen LogP contribution in [0.5, 0.6) is 0 Å². The van der Waals surface area contributed by atoms with E-state index in [9.17, 15) is 10.2 Å². The van der Waals surface area contributed by atoms with Crippen LogP contribution in [0, 0.1) is 0 Å². The molecule has 0 spiro atoms. The quantitative estimate of drug-likeness (QED) is 0.378. The van der Waals surface area contributed by atoms with Gasteiger partial charge in [-0.1, -0.05) is 46.0 Å². The van der Waals surface area contributed by atoms with Gasteiger partial charge in [0.15, 0.2) is 0 Å². The second-order valence-electron chi connectivity index (χ2n) is 5.80. The van der Waals surface area contributed by atoms with Gasteiger partial charge in [-0.3, -0.25) is 0 Å². The van der Waals surface area contributed by atoms with Gasteiger partial charge in [0.05, 0.1) is 26.3 Å². The van der Waals surface area contributed by atoms with Gasteiger partial charge in [0.1, 0.15) is 13.1 Å². The molecule has 0 rings (SSSR count). The molecule has 2 N–H and O–H groups in total. The summed E-state index contributed by atoms with van der Waals surface area (Å²) in [5.41, 5.74) is 0. The van der Waals surface area contributed by atoms with E-state index in [2.05, 4.69) is 13.8 Å². The van der Waals surface area contributed by atoms with Gasteiger partial charge >= 0.3 is 0 Å². The minimum atomic E-state index is 0.236. The first-order chi connectivity index (χ1) is 9.24. The third-order valence-corrected chi connectivity index (χ3v) is 4.12. The SMILES string of the molecule is CCCCCCCC[N+](CCO)(CCO)CCCC. The van der Waals surface area contributed by atoms with Gasteiger partial charge < -0.3 is 14.7 Å². The van der Waals surface area contributed by atoms with Crippen molar-refractivity contribution in [1.29, 1.82) is 0 Å². The Morgan fingerprint density at radius 3 is 1.58 bits per heavy atom. The molecule has 0 bridgehead atoms. The van der Waals surface area contributed by atoms with E-state index in [-0.39, 0.29) is 13.2 Å². The summed E-state index contributed by atoms with van der Waals surface area (Å²) < 4.78 is 0.911. The molecule has 0 aromatic rings. The largest absolute Gasteiger partial charge is 0.391 e. The molecule has 19 heavy (non-hydrogen) atoms. The van der Waals surface area contributed by atoms with Crippen molar-refractivity contribution in [3.05, 3.63) is 0 Å². The first-order valence-electron chi connectivity index (χ1n) is 8.31. The van der Waals surface area contributed by atoms with Crippen LogP contribution in [0.3, 0.4) is 0 Å². The maximum Gasteiger partial charge on any atom is 0.102 e. The Labute approximate surface area is 120 Å². The van der Waals surface area contributed by atoms with Crippen molar-refractivity contribution in [1.82, 2.24) is 0 Å². The maximum atomic E-state index is 9.30. The normalized spacial score (nSPS) is 12.0. The van der Waals surface area contributed by atoms with Crippen molar-refractivity contribution >= 4 is 0 Å². The number of rotatable bonds is 14. The number of unbranched alkanes of at least 4 members (excludes halogenated alkanes) is 6. The molecule has 0 aliphatic carbocycles. The first-order valence-corrected chi connectivity index (χ1v) is 8.31. The van der Waals surface area contributed by atoms with E-state index in [4.69, 9.17) is 0 Å². The molecule has 0 saturated heterocycles. The highest BCUT2D eigenvalue weighted by Crippen LogP contribution is 2.14. The molecule has 0 radical (unpaired) electrons. The lowest BCUT2D eigenvalue weighted by molar-refractivity contribution is -0.929. The van der Waals surface area contributed by atoms with Crippen molar-refractivity contribution in [2.45, 2.75) is 65.2 Å². The van der Waals surface area contributed by atoms with E-state index in [1.165, 1.54) is 51.4 Å². The maximum absolute atomic E-state index is 9.30. The second kappa shape index (κ2) is 12.9. The molecule has 0 unspecified atom stereocenters. The molecule has 116 valence electrons. The molecule has 0 amide bonds. The Bertz CT molecular complexity index is 180. The van der Waals surface area contributed by atoms with Crippen LogP contribution < -0.4 is 0 Å². The van der Waals surface area contributed by atoms with Crippen LogP contribution in [0.1, 0.15) is 65.2 Å². The summed E-state index contributed by atoms with van der Waals surface area (Å²) in [7, 11) is 0. The van der Waals surface area contributed by atoms with Crippen LogP contribution in [0.15, 0.2) is 0 Å². The Morgan fingerprint density at radius 1 is 0.579 bits per heavy atom. The number of hydrogen-bond acceptors (Lipinski definition) is 2. The fraction of sp³-hybridized carbons (Fsp3) is 1.00. The van der Waals surface area contributed by atoms with Gasteiger partial charge in [-0.15, -0.1) is 0 Å². The van der Waals surface area contributed by atoms with Crippen molar-refractivity contribution < 1.29 is 14.7 Å². The highest BCUT2D eigenvalue weighted by molar-refractivity contribution is 4.49. The predicted octanol–water partition coefficient (Wildman–Crippen LogP) is 2.95. The predicted molar refractivity (Wildman–Crippen MR) is 82.2 cm³/mol. The van der Waals surface area contributed by atoms with Crippen LogP contribution in [0.4, 0.5) is 0 Å². The molecule has 0 aliphatic rings. The molecular formula is C16H36NO2+. The number of aliphatic hydroxyl groups is 2. The van der Waals surface area contributed by atoms with E-state index in [1.807, 2.05) is 0 Å². The van der Waals surface area contributed by atoms with Crippen LogP contribution in [-0.4, -0.2) is 54.1 Å². The number of nitrogens with zero attached hydrogens (tertiary/aromatic N) is 1. The molecule has 3 nitrogen and oxygen atoms in total. The van der Waals surface area contributed by atoms with E-state index in [0.29, 0.717) is 0 Å². The summed E-state index contributed by atoms with van der Waals surface area (Å²) >= 11 is 0. The van der Waals surface area contributed by atoms with Gasteiger partial charge in [-0.05, 0) is 19.3 Å². The highest BCUT2D eigenvalue weighted by atomic mass is 16.3. The molecule has 0 aliphatic heterocycles. The molecule has 0 atom stereocenters. The van der Waals surface area contributed by atoms with Gasteiger partial charge in [0.2, 0.25) is 0 Å². The molecule has 0 aromatic heterocycles. The third kappa shape index (κ3) is 9.42. The molecular weight excluding hydrogens is 238 g/mol. The summed E-state index contributed by atoms with van der Waals surface area (Å²) in [6.45, 7) is 8.75. The Hall–Kier alpha value is -0.120. The summed E-state index contributed by atoms with van der Waals surface area (Å²) in [4.78, 5) is 0. The van der Waals surface area contributed by atoms with Gasteiger partial charge in [0, 0.05) is 0 Å². The minimum Gasteiger partial charge on any atom is -0.391 e. The number of hydrogen-bond donors (Lipinski definition) is 2. The second-order valence-corrected chi connectivity index (χ2v) is 5.80. The standard InChI is InChI=1S/C16H36NO2/c1-3-5-7-8-9-10-12-17(13-15-18,14-16-19)11-6-4-2/h18-19H,3-16H2,1-2H3/q+1. The smallest absolute Gasteiger partial charge is 0.102 e. The number of aliphatic hydroxyl groups excluding tert-OH is 2. The van der Waals surface area contributed by atoms with Gasteiger partial charge in [-0.2, -0.15) is 0 Å². The molecule has 3 heteroatoms. The Kier molecular flexibility index (Phi) is 12.8. The lowest BCUT2D eigenvalue weighted by Gasteiger charge is -2.38. The van der Waals surface area contributed by atoms with E-state index in [1.54, 1.807) is 0 Å². The van der Waals surface area contributed by atoms with Crippen molar-refractivity contribution in [3.8, 4) is 0 Å². The topological polar surface area (TPSA) is 40.5 Å². The lowest BCUT2D eigenvalue weighted by atomic mass is 10.1. The average molecular weight is 274 g/mol. The van der Waals surface area contributed by atoms with Gasteiger partial charge in [0.25, 0.3) is 0 Å². The van der Waals surface area contributed by atoms with Crippen molar-refractivity contribution in [2.24, 2.45) is 0 Å². The van der Waals surface area contributed by atoms with Crippen molar-refractivity contribution in [2.75, 3.05) is 39.4 Å². The van der Waals surface area contributed by atoms with Crippen LogP contribution in [0.25, 0.3) is 0 Å². The zero-order chi connectivity index (χ0) is 14.4. The summed E-state index contributed by atoms with van der Waals surface area (Å²) in [6, 6.07) is 0. The third-order valence-electron chi connectivity index (χ3n) is 4.12. The molecule has 0 saturated carbocycles. The van der Waals surface area contributed by atoms with Crippen LogP contribution in [0.2, 0.25) is 0 Å². The lowest BCUT2D eigenvalue weighted by Crippen LogP contribution is -2.52. The van der Waals surface area contributed by atoms with Gasteiger partial charge in [-0.25, -0.2) is 0 Å². The summed E-state index contributed by atoms with van der Waals surface area (Å²) in [5, 5.41) is 18.6. The first kappa shape index (κ1) is 18.9. The van der Waals surface area contributed by atoms with E-state index in [0.717, 1.165) is 30.7 Å². The minimum absolute atomic E-state index is 0.236. The average Bonchev–Trinajstić information content (AvgIpc) is 2.41.